The Kier molecular flexibility index (Phi) is 1.72. The van der Waals surface area contributed by atoms with Crippen molar-refractivity contribution in [3.63, 3.8) is 0 Å². The van der Waals surface area contributed by atoms with Crippen molar-refractivity contribution in [3.8, 4) is 0 Å². The lowest BCUT2D eigenvalue weighted by molar-refractivity contribution is 0.479. The monoisotopic (exact) mass is 179 g/mol. The molecule has 0 spiro atoms. The number of pyridine rings is 1. The summed E-state index contributed by atoms with van der Waals surface area (Å²) in [6.07, 6.45) is 0. The van der Waals surface area contributed by atoms with E-state index >= 15 is 0 Å². The van der Waals surface area contributed by atoms with Gasteiger partial charge in [-0.15, -0.1) is 0 Å². The number of benzene rings is 1. The van der Waals surface area contributed by atoms with Gasteiger partial charge in [0, 0.05) is 5.39 Å². The summed E-state index contributed by atoms with van der Waals surface area (Å²) in [7, 11) is 0. The molecule has 0 N–H and O–H groups in total. The van der Waals surface area contributed by atoms with E-state index < -0.39 is 11.8 Å². The minimum Gasteiger partial charge on any atom is -0.217 e. The van der Waals surface area contributed by atoms with E-state index in [1.54, 1.807) is 31.2 Å². The predicted molar refractivity (Wildman–Crippen MR) is 46.4 cm³/mol. The zero-order valence-electron chi connectivity index (χ0n) is 7.01. The summed E-state index contributed by atoms with van der Waals surface area (Å²) >= 11 is 0. The number of nitrogens with zero attached hydrogens (tertiary/aromatic N) is 1. The van der Waals surface area contributed by atoms with E-state index in [0.717, 1.165) is 0 Å². The molecule has 0 aliphatic heterocycles. The standard InChI is InChI=1S/C10H7F2N/c1-6-7-4-2-3-5-8(7)13-10(12)9(6)11/h2-5H,1H3. The first-order valence-electron chi connectivity index (χ1n) is 3.90. The summed E-state index contributed by atoms with van der Waals surface area (Å²) in [6, 6.07) is 6.89. The molecule has 66 valence electrons. The topological polar surface area (TPSA) is 12.9 Å². The van der Waals surface area contributed by atoms with Gasteiger partial charge in [-0.25, -0.2) is 9.37 Å². The fourth-order valence-corrected chi connectivity index (χ4v) is 1.32. The third kappa shape index (κ3) is 1.16. The second-order valence-electron chi connectivity index (χ2n) is 2.86. The summed E-state index contributed by atoms with van der Waals surface area (Å²) in [4.78, 5) is 3.49. The van der Waals surface area contributed by atoms with Crippen molar-refractivity contribution in [3.05, 3.63) is 41.6 Å². The largest absolute Gasteiger partial charge is 0.249 e. The van der Waals surface area contributed by atoms with Gasteiger partial charge in [-0.05, 0) is 18.6 Å². The Labute approximate surface area is 74.0 Å². The molecule has 2 rings (SSSR count). The first-order valence-corrected chi connectivity index (χ1v) is 3.90. The summed E-state index contributed by atoms with van der Waals surface area (Å²) in [5, 5.41) is 0.654. The molecule has 0 aliphatic carbocycles. The Morgan fingerprint density at radius 2 is 1.85 bits per heavy atom. The molecule has 0 bridgehead atoms. The number of hydrogen-bond donors (Lipinski definition) is 0. The highest BCUT2D eigenvalue weighted by molar-refractivity contribution is 5.81. The van der Waals surface area contributed by atoms with E-state index in [0.29, 0.717) is 16.5 Å². The molecule has 0 aliphatic rings. The molecule has 1 nitrogen and oxygen atoms in total. The molecule has 2 aromatic rings. The smallest absolute Gasteiger partial charge is 0.217 e. The van der Waals surface area contributed by atoms with Crippen LogP contribution in [0.15, 0.2) is 24.3 Å². The van der Waals surface area contributed by atoms with Crippen molar-refractivity contribution >= 4 is 10.9 Å². The third-order valence-corrected chi connectivity index (χ3v) is 2.04. The number of hydrogen-bond acceptors (Lipinski definition) is 1. The van der Waals surface area contributed by atoms with Gasteiger partial charge in [0.2, 0.25) is 5.95 Å². The Hall–Kier alpha value is -1.51. The number of rotatable bonds is 0. The van der Waals surface area contributed by atoms with Crippen molar-refractivity contribution in [1.29, 1.82) is 0 Å². The number of fused-ring (bicyclic) bond motifs is 1. The van der Waals surface area contributed by atoms with E-state index in [1.165, 1.54) is 0 Å². The normalized spacial score (nSPS) is 10.7. The molecule has 13 heavy (non-hydrogen) atoms. The summed E-state index contributed by atoms with van der Waals surface area (Å²) in [5.41, 5.74) is 0.794. The lowest BCUT2D eigenvalue weighted by atomic mass is 10.1. The molecule has 0 unspecified atom stereocenters. The van der Waals surface area contributed by atoms with Gasteiger partial charge in [-0.3, -0.25) is 0 Å². The van der Waals surface area contributed by atoms with Gasteiger partial charge in [0.1, 0.15) is 0 Å². The predicted octanol–water partition coefficient (Wildman–Crippen LogP) is 2.82. The minimum absolute atomic E-state index is 0.308. The maximum absolute atomic E-state index is 13.0. The van der Waals surface area contributed by atoms with Crippen LogP contribution in [0, 0.1) is 18.7 Å². The zero-order valence-corrected chi connectivity index (χ0v) is 7.01. The fourth-order valence-electron chi connectivity index (χ4n) is 1.32. The quantitative estimate of drug-likeness (QED) is 0.566. The van der Waals surface area contributed by atoms with E-state index in [-0.39, 0.29) is 0 Å². The second-order valence-corrected chi connectivity index (χ2v) is 2.86. The molecule has 1 heterocycles. The van der Waals surface area contributed by atoms with Crippen LogP contribution in [0.3, 0.4) is 0 Å². The maximum atomic E-state index is 13.0. The van der Waals surface area contributed by atoms with Gasteiger partial charge >= 0.3 is 0 Å². The molecule has 3 heteroatoms. The van der Waals surface area contributed by atoms with Crippen molar-refractivity contribution < 1.29 is 8.78 Å². The van der Waals surface area contributed by atoms with Gasteiger partial charge < -0.3 is 0 Å². The van der Waals surface area contributed by atoms with Crippen LogP contribution in [-0.4, -0.2) is 4.98 Å². The van der Waals surface area contributed by atoms with Crippen LogP contribution in [0.25, 0.3) is 10.9 Å². The minimum atomic E-state index is -1.03. The third-order valence-electron chi connectivity index (χ3n) is 2.04. The average Bonchev–Trinajstić information content (AvgIpc) is 2.15. The first-order chi connectivity index (χ1) is 6.20. The Morgan fingerprint density at radius 3 is 2.62 bits per heavy atom. The van der Waals surface area contributed by atoms with Gasteiger partial charge in [0.15, 0.2) is 5.82 Å². The van der Waals surface area contributed by atoms with Crippen molar-refractivity contribution in [1.82, 2.24) is 4.98 Å². The van der Waals surface area contributed by atoms with Crippen LogP contribution in [0.4, 0.5) is 8.78 Å². The van der Waals surface area contributed by atoms with Gasteiger partial charge in [-0.1, -0.05) is 18.2 Å². The Morgan fingerprint density at radius 1 is 1.15 bits per heavy atom. The molecular weight excluding hydrogens is 172 g/mol. The molecule has 0 saturated carbocycles. The van der Waals surface area contributed by atoms with Crippen LogP contribution in [0.5, 0.6) is 0 Å². The lowest BCUT2D eigenvalue weighted by Crippen LogP contribution is -1.94. The molecule has 0 fully saturated rings. The van der Waals surface area contributed by atoms with Crippen LogP contribution in [-0.2, 0) is 0 Å². The molecule has 0 amide bonds. The zero-order chi connectivity index (χ0) is 9.42. The van der Waals surface area contributed by atoms with E-state index in [9.17, 15) is 8.78 Å². The molecular formula is C10H7F2N. The van der Waals surface area contributed by atoms with Gasteiger partial charge in [0.25, 0.3) is 0 Å². The van der Waals surface area contributed by atoms with Crippen LogP contribution in [0.2, 0.25) is 0 Å². The molecule has 0 radical (unpaired) electrons. The van der Waals surface area contributed by atoms with Crippen LogP contribution in [0.1, 0.15) is 5.56 Å². The maximum Gasteiger partial charge on any atom is 0.249 e. The van der Waals surface area contributed by atoms with E-state index in [2.05, 4.69) is 4.98 Å². The molecule has 0 saturated heterocycles. The summed E-state index contributed by atoms with van der Waals surface area (Å²) in [5.74, 6) is -1.89. The van der Waals surface area contributed by atoms with Gasteiger partial charge in [0.05, 0.1) is 5.52 Å². The Bertz CT molecular complexity index is 466. The van der Waals surface area contributed by atoms with Crippen molar-refractivity contribution in [2.24, 2.45) is 0 Å². The molecule has 0 atom stereocenters. The SMILES string of the molecule is Cc1c(F)c(F)nc2ccccc12. The van der Waals surface area contributed by atoms with Gasteiger partial charge in [-0.2, -0.15) is 4.39 Å². The number of aryl methyl sites for hydroxylation is 1. The van der Waals surface area contributed by atoms with E-state index in [1.807, 2.05) is 0 Å². The first kappa shape index (κ1) is 8.10. The second kappa shape index (κ2) is 2.76. The van der Waals surface area contributed by atoms with Crippen LogP contribution >= 0.6 is 0 Å². The summed E-state index contributed by atoms with van der Waals surface area (Å²) < 4.78 is 25.8. The molecule has 1 aromatic heterocycles. The van der Waals surface area contributed by atoms with Crippen molar-refractivity contribution in [2.75, 3.05) is 0 Å². The highest BCUT2D eigenvalue weighted by atomic mass is 19.2. The fraction of sp³-hybridized carbons (Fsp3) is 0.100. The number of para-hydroxylation sites is 1. The number of aromatic nitrogens is 1. The highest BCUT2D eigenvalue weighted by Gasteiger charge is 2.10. The average molecular weight is 179 g/mol. The molecule has 1 aromatic carbocycles. The summed E-state index contributed by atoms with van der Waals surface area (Å²) in [6.45, 7) is 1.54. The van der Waals surface area contributed by atoms with E-state index in [4.69, 9.17) is 0 Å². The van der Waals surface area contributed by atoms with Crippen LogP contribution < -0.4 is 0 Å². The highest BCUT2D eigenvalue weighted by Crippen LogP contribution is 2.20. The Balaban J connectivity index is 2.94. The lowest BCUT2D eigenvalue weighted by Gasteiger charge is -2.02. The van der Waals surface area contributed by atoms with Crippen molar-refractivity contribution in [2.45, 2.75) is 6.92 Å². The number of halogens is 2.